The summed E-state index contributed by atoms with van der Waals surface area (Å²) in [5, 5.41) is 4.54. The lowest BCUT2D eigenvalue weighted by atomic mass is 10.5. The molecule has 0 aromatic rings. The maximum Gasteiger partial charge on any atom is 0.213 e. The van der Waals surface area contributed by atoms with Crippen molar-refractivity contribution in [1.29, 1.82) is 0 Å². The number of sulfonamides is 1. The highest BCUT2D eigenvalue weighted by atomic mass is 32.2. The summed E-state index contributed by atoms with van der Waals surface area (Å²) in [5.41, 5.74) is 0. The average Bonchev–Trinajstić information content (AvgIpc) is 1.16. The van der Waals surface area contributed by atoms with Gasteiger partial charge in [0.15, 0.2) is 0 Å². The molecule has 1 heterocycles. The van der Waals surface area contributed by atoms with E-state index in [-0.39, 0.29) is 5.25 Å². The summed E-state index contributed by atoms with van der Waals surface area (Å²) in [6.45, 7) is 0. The number of primary sulfonamides is 1. The van der Waals surface area contributed by atoms with E-state index < -0.39 is 10.0 Å². The van der Waals surface area contributed by atoms with Gasteiger partial charge in [0, 0.05) is 11.5 Å². The molecular weight excluding hydrogens is 146 g/mol. The normalized spacial score (nSPS) is 22.6. The lowest BCUT2D eigenvalue weighted by Gasteiger charge is -2.21. The van der Waals surface area contributed by atoms with Crippen molar-refractivity contribution in [2.75, 3.05) is 11.5 Å². The van der Waals surface area contributed by atoms with E-state index >= 15 is 0 Å². The number of hydrogen-bond acceptors (Lipinski definition) is 3. The molecule has 0 atom stereocenters. The number of rotatable bonds is 1. The van der Waals surface area contributed by atoms with Gasteiger partial charge in [-0.1, -0.05) is 0 Å². The first-order valence-electron chi connectivity index (χ1n) is 2.20. The van der Waals surface area contributed by atoms with Crippen molar-refractivity contribution >= 4 is 21.8 Å². The van der Waals surface area contributed by atoms with Gasteiger partial charge >= 0.3 is 0 Å². The van der Waals surface area contributed by atoms with Crippen molar-refractivity contribution in [2.24, 2.45) is 5.14 Å². The third-order valence-electron chi connectivity index (χ3n) is 1.07. The second kappa shape index (κ2) is 1.89. The fourth-order valence-corrected chi connectivity index (χ4v) is 2.93. The molecule has 0 aliphatic carbocycles. The van der Waals surface area contributed by atoms with Crippen molar-refractivity contribution in [3.63, 3.8) is 0 Å². The van der Waals surface area contributed by atoms with Gasteiger partial charge in [-0.25, -0.2) is 13.6 Å². The van der Waals surface area contributed by atoms with E-state index in [0.717, 1.165) is 0 Å². The van der Waals surface area contributed by atoms with E-state index in [1.165, 1.54) is 0 Å². The van der Waals surface area contributed by atoms with Crippen molar-refractivity contribution in [3.05, 3.63) is 0 Å². The zero-order chi connectivity index (χ0) is 6.20. The Kier molecular flexibility index (Phi) is 1.51. The lowest BCUT2D eigenvalue weighted by molar-refractivity contribution is 0.588. The zero-order valence-electron chi connectivity index (χ0n) is 4.20. The molecule has 1 saturated heterocycles. The van der Waals surface area contributed by atoms with Gasteiger partial charge in [-0.05, 0) is 0 Å². The van der Waals surface area contributed by atoms with Gasteiger partial charge < -0.3 is 0 Å². The zero-order valence-corrected chi connectivity index (χ0v) is 5.83. The Morgan fingerprint density at radius 2 is 2.00 bits per heavy atom. The average molecular weight is 153 g/mol. The smallest absolute Gasteiger partial charge is 0.213 e. The number of nitrogens with two attached hydrogens (primary N) is 1. The summed E-state index contributed by atoms with van der Waals surface area (Å²) in [6, 6.07) is 0. The molecular formula is C3H7NO2S2. The Balaban J connectivity index is 2.60. The van der Waals surface area contributed by atoms with Crippen LogP contribution in [-0.2, 0) is 10.0 Å². The van der Waals surface area contributed by atoms with Crippen LogP contribution in [0.2, 0.25) is 0 Å². The Hall–Kier alpha value is 0.260. The number of thioether (sulfide) groups is 1. The van der Waals surface area contributed by atoms with Gasteiger partial charge in [0.25, 0.3) is 0 Å². The van der Waals surface area contributed by atoms with Crippen molar-refractivity contribution in [3.8, 4) is 0 Å². The van der Waals surface area contributed by atoms with Crippen LogP contribution in [0.15, 0.2) is 0 Å². The van der Waals surface area contributed by atoms with Crippen molar-refractivity contribution in [1.82, 2.24) is 0 Å². The largest absolute Gasteiger partial charge is 0.228 e. The molecule has 1 fully saturated rings. The lowest BCUT2D eigenvalue weighted by Crippen LogP contribution is -2.38. The van der Waals surface area contributed by atoms with Crippen LogP contribution >= 0.6 is 11.8 Å². The van der Waals surface area contributed by atoms with Crippen LogP contribution in [-0.4, -0.2) is 25.2 Å². The van der Waals surface area contributed by atoms with Crippen LogP contribution in [0.4, 0.5) is 0 Å². The molecule has 8 heavy (non-hydrogen) atoms. The summed E-state index contributed by atoms with van der Waals surface area (Å²) >= 11 is 1.61. The Bertz CT molecular complexity index is 170. The molecule has 0 radical (unpaired) electrons. The minimum absolute atomic E-state index is 0.257. The van der Waals surface area contributed by atoms with Crippen LogP contribution < -0.4 is 5.14 Å². The monoisotopic (exact) mass is 153 g/mol. The van der Waals surface area contributed by atoms with E-state index in [9.17, 15) is 8.42 Å². The molecule has 1 aliphatic rings. The molecule has 0 amide bonds. The third-order valence-corrected chi connectivity index (χ3v) is 4.03. The molecule has 0 saturated carbocycles. The molecule has 1 aliphatic heterocycles. The SMILES string of the molecule is NS(=O)(=O)C1CSC1. The summed E-state index contributed by atoms with van der Waals surface area (Å²) in [6.07, 6.45) is 0. The summed E-state index contributed by atoms with van der Waals surface area (Å²) in [5.74, 6) is 1.36. The minimum Gasteiger partial charge on any atom is -0.228 e. The van der Waals surface area contributed by atoms with E-state index in [1.54, 1.807) is 11.8 Å². The highest BCUT2D eigenvalue weighted by molar-refractivity contribution is 8.04. The minimum atomic E-state index is -3.19. The highest BCUT2D eigenvalue weighted by Gasteiger charge is 2.28. The molecule has 5 heteroatoms. The van der Waals surface area contributed by atoms with Crippen LogP contribution in [0.5, 0.6) is 0 Å². The summed E-state index contributed by atoms with van der Waals surface area (Å²) < 4.78 is 20.8. The van der Waals surface area contributed by atoms with E-state index in [2.05, 4.69) is 0 Å². The van der Waals surface area contributed by atoms with Gasteiger partial charge in [0.2, 0.25) is 10.0 Å². The summed E-state index contributed by atoms with van der Waals surface area (Å²) in [7, 11) is -3.19. The first kappa shape index (κ1) is 6.38. The van der Waals surface area contributed by atoms with Crippen molar-refractivity contribution in [2.45, 2.75) is 5.25 Å². The van der Waals surface area contributed by atoms with Gasteiger partial charge in [-0.15, -0.1) is 0 Å². The highest BCUT2D eigenvalue weighted by Crippen LogP contribution is 2.22. The van der Waals surface area contributed by atoms with E-state index in [1.807, 2.05) is 0 Å². The van der Waals surface area contributed by atoms with Crippen molar-refractivity contribution < 1.29 is 8.42 Å². The predicted molar refractivity (Wildman–Crippen MR) is 34.2 cm³/mol. The van der Waals surface area contributed by atoms with Gasteiger partial charge in [-0.3, -0.25) is 0 Å². The van der Waals surface area contributed by atoms with E-state index in [4.69, 9.17) is 5.14 Å². The Labute approximate surface area is 52.7 Å². The summed E-state index contributed by atoms with van der Waals surface area (Å²) in [4.78, 5) is 0. The molecule has 0 bridgehead atoms. The molecule has 0 aromatic carbocycles. The number of hydrogen-bond donors (Lipinski definition) is 1. The molecule has 3 nitrogen and oxygen atoms in total. The fraction of sp³-hybridized carbons (Fsp3) is 1.00. The first-order valence-corrected chi connectivity index (χ1v) is 4.96. The molecule has 2 N–H and O–H groups in total. The second-order valence-corrected chi connectivity index (χ2v) is 4.67. The van der Waals surface area contributed by atoms with Gasteiger partial charge in [-0.2, -0.15) is 11.8 Å². The van der Waals surface area contributed by atoms with E-state index in [0.29, 0.717) is 11.5 Å². The first-order chi connectivity index (χ1) is 3.61. The van der Waals surface area contributed by atoms with Gasteiger partial charge in [0.1, 0.15) is 0 Å². The topological polar surface area (TPSA) is 60.2 Å². The predicted octanol–water partition coefficient (Wildman–Crippen LogP) is -0.610. The van der Waals surface area contributed by atoms with Crippen LogP contribution in [0.25, 0.3) is 0 Å². The maximum atomic E-state index is 10.4. The molecule has 1 rings (SSSR count). The van der Waals surface area contributed by atoms with Crippen LogP contribution in [0.3, 0.4) is 0 Å². The molecule has 0 spiro atoms. The van der Waals surface area contributed by atoms with Gasteiger partial charge in [0.05, 0.1) is 5.25 Å². The second-order valence-electron chi connectivity index (χ2n) is 1.75. The van der Waals surface area contributed by atoms with Crippen LogP contribution in [0.1, 0.15) is 0 Å². The molecule has 0 aromatic heterocycles. The Morgan fingerprint density at radius 3 is 2.00 bits per heavy atom. The fourth-order valence-electron chi connectivity index (χ4n) is 0.404. The Morgan fingerprint density at radius 1 is 1.50 bits per heavy atom. The van der Waals surface area contributed by atoms with Crippen LogP contribution in [0, 0.1) is 0 Å². The molecule has 0 unspecified atom stereocenters. The maximum absolute atomic E-state index is 10.4. The third kappa shape index (κ3) is 1.15. The molecule has 48 valence electrons. The quantitative estimate of drug-likeness (QED) is 0.546. The standard InChI is InChI=1S/C3H7NO2S2/c4-8(5,6)3-1-7-2-3/h3H,1-2H2,(H2,4,5,6).